The number of hydrogen-bond donors (Lipinski definition) is 1. The maximum Gasteiger partial charge on any atom is 0.242 e. The number of nitrogens with one attached hydrogen (secondary N) is 1. The fourth-order valence-corrected chi connectivity index (χ4v) is 4.85. The van der Waals surface area contributed by atoms with Crippen molar-refractivity contribution in [3.05, 3.63) is 45.1 Å². The van der Waals surface area contributed by atoms with Gasteiger partial charge >= 0.3 is 0 Å². The molecule has 1 N–H and O–H groups in total. The third kappa shape index (κ3) is 4.37. The molecule has 152 valence electrons. The minimum absolute atomic E-state index is 0.0685. The summed E-state index contributed by atoms with van der Waals surface area (Å²) < 4.78 is 0. The Kier molecular flexibility index (Phi) is 7.02. The van der Waals surface area contributed by atoms with Crippen molar-refractivity contribution >= 4 is 35.3 Å². The molecule has 0 radical (unpaired) electrons. The third-order valence-electron chi connectivity index (χ3n) is 5.48. The fourth-order valence-electron chi connectivity index (χ4n) is 4.16. The Morgan fingerprint density at radius 2 is 2.14 bits per heavy atom. The lowest BCUT2D eigenvalue weighted by Gasteiger charge is -2.41. The molecule has 2 atom stereocenters. The minimum atomic E-state index is -0.241. The molecule has 2 unspecified atom stereocenters. The monoisotopic (exact) mass is 422 g/mol. The largest absolute Gasteiger partial charge is 0.367 e. The molecule has 1 amide bonds. The van der Waals surface area contributed by atoms with Gasteiger partial charge in [0.15, 0.2) is 0 Å². The molecule has 1 fully saturated rings. The van der Waals surface area contributed by atoms with Gasteiger partial charge in [0.25, 0.3) is 0 Å². The normalized spacial score (nSPS) is 23.2. The lowest BCUT2D eigenvalue weighted by molar-refractivity contribution is -0.137. The van der Waals surface area contributed by atoms with Crippen molar-refractivity contribution in [2.75, 3.05) is 33.2 Å². The first kappa shape index (κ1) is 21.2. The first-order valence-electron chi connectivity index (χ1n) is 9.85. The molecular formula is C21H28Cl2N4O. The molecule has 2 aliphatic rings. The number of carbonyl (C=O) groups is 1. The number of amides is 1. The molecule has 0 aromatic heterocycles. The Bertz CT molecular complexity index is 793. The second kappa shape index (κ2) is 9.29. The summed E-state index contributed by atoms with van der Waals surface area (Å²) in [5.41, 5.74) is 3.24. The Morgan fingerprint density at radius 3 is 2.86 bits per heavy atom. The number of allylic oxidation sites excluding steroid dienone is 2. The Balaban J connectivity index is 1.77. The smallest absolute Gasteiger partial charge is 0.242 e. The Labute approximate surface area is 177 Å². The van der Waals surface area contributed by atoms with Gasteiger partial charge in [0, 0.05) is 49.5 Å². The molecule has 0 aliphatic carbocycles. The zero-order chi connectivity index (χ0) is 20.3. The average molecular weight is 423 g/mol. The summed E-state index contributed by atoms with van der Waals surface area (Å²) in [5.74, 6) is 0.123. The van der Waals surface area contributed by atoms with E-state index in [0.29, 0.717) is 23.1 Å². The van der Waals surface area contributed by atoms with E-state index in [0.717, 1.165) is 42.8 Å². The lowest BCUT2D eigenvalue weighted by Crippen LogP contribution is -2.58. The van der Waals surface area contributed by atoms with Gasteiger partial charge < -0.3 is 15.1 Å². The number of benzene rings is 1. The van der Waals surface area contributed by atoms with E-state index >= 15 is 0 Å². The second-order valence-electron chi connectivity index (χ2n) is 7.30. The van der Waals surface area contributed by atoms with Crippen LogP contribution < -0.4 is 5.32 Å². The van der Waals surface area contributed by atoms with Crippen LogP contribution in [0.4, 0.5) is 0 Å². The summed E-state index contributed by atoms with van der Waals surface area (Å²) in [6.07, 6.45) is 5.74. The van der Waals surface area contributed by atoms with Crippen LogP contribution in [0.5, 0.6) is 0 Å². The van der Waals surface area contributed by atoms with Crippen molar-refractivity contribution in [2.45, 2.75) is 38.8 Å². The van der Waals surface area contributed by atoms with Crippen LogP contribution in [-0.4, -0.2) is 61.2 Å². The van der Waals surface area contributed by atoms with Crippen LogP contribution in [0.3, 0.4) is 0 Å². The third-order valence-corrected chi connectivity index (χ3v) is 6.01. The van der Waals surface area contributed by atoms with Gasteiger partial charge in [0.05, 0.1) is 11.7 Å². The van der Waals surface area contributed by atoms with Gasteiger partial charge in [-0.1, -0.05) is 36.2 Å². The van der Waals surface area contributed by atoms with Gasteiger partial charge in [-0.05, 0) is 43.0 Å². The van der Waals surface area contributed by atoms with E-state index in [2.05, 4.69) is 28.2 Å². The molecule has 5 nitrogen and oxygen atoms in total. The predicted molar refractivity (Wildman–Crippen MR) is 116 cm³/mol. The summed E-state index contributed by atoms with van der Waals surface area (Å²) in [4.78, 5) is 21.7. The summed E-state index contributed by atoms with van der Waals surface area (Å²) in [7, 11) is 1.77. The highest BCUT2D eigenvalue weighted by molar-refractivity contribution is 6.35. The van der Waals surface area contributed by atoms with E-state index in [1.807, 2.05) is 24.1 Å². The van der Waals surface area contributed by atoms with Crippen molar-refractivity contribution in [3.63, 3.8) is 0 Å². The molecule has 2 heterocycles. The van der Waals surface area contributed by atoms with Crippen molar-refractivity contribution in [1.82, 2.24) is 15.1 Å². The number of hydrogen-bond acceptors (Lipinski definition) is 4. The maximum absolute atomic E-state index is 13.4. The van der Waals surface area contributed by atoms with Crippen LogP contribution in [0.2, 0.25) is 10.0 Å². The lowest BCUT2D eigenvalue weighted by atomic mass is 9.92. The van der Waals surface area contributed by atoms with Crippen LogP contribution >= 0.6 is 23.2 Å². The van der Waals surface area contributed by atoms with Crippen molar-refractivity contribution in [1.29, 1.82) is 0 Å². The highest BCUT2D eigenvalue weighted by Gasteiger charge is 2.35. The van der Waals surface area contributed by atoms with E-state index in [9.17, 15) is 4.79 Å². The molecule has 0 spiro atoms. The first-order valence-corrected chi connectivity index (χ1v) is 10.6. The van der Waals surface area contributed by atoms with E-state index in [4.69, 9.17) is 23.2 Å². The van der Waals surface area contributed by atoms with Gasteiger partial charge in [-0.25, -0.2) is 0 Å². The average Bonchev–Trinajstić information content (AvgIpc) is 2.67. The molecular weight excluding hydrogens is 395 g/mol. The molecule has 1 aromatic carbocycles. The SMILES string of the molecule is CC/C=C(\C=NC)N1CCNC(C(=O)N2CCc3cc(Cl)cc(Cl)c3C2C)C1. The van der Waals surface area contributed by atoms with Gasteiger partial charge in [0.2, 0.25) is 5.91 Å². The Hall–Kier alpha value is -1.56. The highest BCUT2D eigenvalue weighted by atomic mass is 35.5. The molecule has 1 saturated heterocycles. The number of nitrogens with zero attached hydrogens (tertiary/aromatic N) is 3. The number of piperazine rings is 1. The van der Waals surface area contributed by atoms with Gasteiger partial charge in [-0.15, -0.1) is 0 Å². The maximum atomic E-state index is 13.4. The highest BCUT2D eigenvalue weighted by Crippen LogP contribution is 2.37. The molecule has 7 heteroatoms. The van der Waals surface area contributed by atoms with E-state index < -0.39 is 0 Å². The Morgan fingerprint density at radius 1 is 1.36 bits per heavy atom. The van der Waals surface area contributed by atoms with E-state index in [1.165, 1.54) is 0 Å². The topological polar surface area (TPSA) is 47.9 Å². The van der Waals surface area contributed by atoms with Crippen LogP contribution in [0, 0.1) is 0 Å². The van der Waals surface area contributed by atoms with Crippen molar-refractivity contribution < 1.29 is 4.79 Å². The predicted octanol–water partition coefficient (Wildman–Crippen LogP) is 3.71. The van der Waals surface area contributed by atoms with Gasteiger partial charge in [-0.3, -0.25) is 9.79 Å². The molecule has 0 bridgehead atoms. The summed E-state index contributed by atoms with van der Waals surface area (Å²) in [6, 6.07) is 3.42. The van der Waals surface area contributed by atoms with Crippen molar-refractivity contribution in [2.24, 2.45) is 4.99 Å². The summed E-state index contributed by atoms with van der Waals surface area (Å²) in [6.45, 7) is 7.10. The first-order chi connectivity index (χ1) is 13.5. The molecule has 3 rings (SSSR count). The van der Waals surface area contributed by atoms with Crippen LogP contribution in [0.15, 0.2) is 28.9 Å². The van der Waals surface area contributed by atoms with Crippen molar-refractivity contribution in [3.8, 4) is 0 Å². The number of fused-ring (bicyclic) bond motifs is 1. The summed E-state index contributed by atoms with van der Waals surface area (Å²) in [5, 5.41) is 4.68. The zero-order valence-corrected chi connectivity index (χ0v) is 18.2. The van der Waals surface area contributed by atoms with E-state index in [1.54, 1.807) is 13.1 Å². The fraction of sp³-hybridized carbons (Fsp3) is 0.524. The molecule has 28 heavy (non-hydrogen) atoms. The second-order valence-corrected chi connectivity index (χ2v) is 8.14. The van der Waals surface area contributed by atoms with Crippen LogP contribution in [0.1, 0.15) is 37.4 Å². The molecule has 0 saturated carbocycles. The quantitative estimate of drug-likeness (QED) is 0.752. The minimum Gasteiger partial charge on any atom is -0.367 e. The van der Waals surface area contributed by atoms with Gasteiger partial charge in [-0.2, -0.15) is 0 Å². The number of carbonyl (C=O) groups excluding carboxylic acids is 1. The summed E-state index contributed by atoms with van der Waals surface area (Å²) >= 11 is 12.6. The van der Waals surface area contributed by atoms with Crippen LogP contribution in [-0.2, 0) is 11.2 Å². The number of halogens is 2. The standard InChI is InChI=1S/C21H28Cl2N4O/c1-4-5-17(12-24-3)26-9-7-25-19(13-26)21(28)27-8-6-15-10-16(22)11-18(23)20(15)14(27)2/h5,10-12,14,19,25H,4,6-9,13H2,1-3H3/b17-5+,24-12?. The molecule has 2 aliphatic heterocycles. The van der Waals surface area contributed by atoms with Crippen LogP contribution in [0.25, 0.3) is 0 Å². The zero-order valence-electron chi connectivity index (χ0n) is 16.7. The molecule has 1 aromatic rings. The number of aliphatic imine (C=N–C) groups is 1. The van der Waals surface area contributed by atoms with Gasteiger partial charge in [0.1, 0.15) is 6.04 Å². The number of rotatable bonds is 4. The van der Waals surface area contributed by atoms with E-state index in [-0.39, 0.29) is 18.0 Å².